The summed E-state index contributed by atoms with van der Waals surface area (Å²) in [6.45, 7) is 0.421. The van der Waals surface area contributed by atoms with E-state index < -0.39 is 10.8 Å². The third kappa shape index (κ3) is 5.42. The highest BCUT2D eigenvalue weighted by molar-refractivity contribution is 7.85. The largest absolute Gasteiger partial charge is 0.493 e. The molecule has 0 spiro atoms. The van der Waals surface area contributed by atoms with Gasteiger partial charge in [-0.2, -0.15) is 0 Å². The number of hydrogen-bond donors (Lipinski definition) is 0. The summed E-state index contributed by atoms with van der Waals surface area (Å²) in [5.74, 6) is 1.05. The minimum Gasteiger partial charge on any atom is -0.493 e. The van der Waals surface area contributed by atoms with Crippen LogP contribution in [0.25, 0.3) is 0 Å². The Hall–Kier alpha value is -2.15. The molecule has 6 nitrogen and oxygen atoms in total. The fraction of sp³-hybridized carbons (Fsp3) is 0.474. The number of benzene rings is 1. The van der Waals surface area contributed by atoms with Gasteiger partial charge < -0.3 is 14.4 Å². The maximum atomic E-state index is 12.5. The van der Waals surface area contributed by atoms with Crippen LogP contribution in [0.2, 0.25) is 0 Å². The summed E-state index contributed by atoms with van der Waals surface area (Å²) in [4.78, 5) is 25.9. The monoisotopic (exact) mass is 379 g/mol. The van der Waals surface area contributed by atoms with Gasteiger partial charge in [-0.1, -0.05) is 6.07 Å². The second kappa shape index (κ2) is 9.52. The number of ketones is 1. The number of hydrogen-bond acceptors (Lipinski definition) is 5. The molecule has 1 aromatic rings. The molecule has 0 heterocycles. The second-order valence-corrected chi connectivity index (χ2v) is 7.59. The first-order valence-corrected chi connectivity index (χ1v) is 10.2. The molecule has 0 radical (unpaired) electrons. The van der Waals surface area contributed by atoms with Gasteiger partial charge in [-0.25, -0.2) is 0 Å². The lowest BCUT2D eigenvalue weighted by molar-refractivity contribution is -0.126. The molecule has 142 valence electrons. The lowest BCUT2D eigenvalue weighted by Gasteiger charge is -2.27. The number of rotatable bonds is 8. The maximum Gasteiger partial charge on any atom is 0.239 e. The van der Waals surface area contributed by atoms with Crippen LogP contribution in [-0.4, -0.2) is 53.6 Å². The van der Waals surface area contributed by atoms with Gasteiger partial charge in [-0.3, -0.25) is 13.8 Å². The van der Waals surface area contributed by atoms with Gasteiger partial charge in [-0.05, 0) is 37.0 Å². The first-order valence-electron chi connectivity index (χ1n) is 8.49. The molecule has 0 saturated heterocycles. The van der Waals surface area contributed by atoms with Crippen molar-refractivity contribution in [3.63, 3.8) is 0 Å². The van der Waals surface area contributed by atoms with Crippen LogP contribution in [0.3, 0.4) is 0 Å². The Labute approximate surface area is 156 Å². The van der Waals surface area contributed by atoms with Crippen LogP contribution in [-0.2, 0) is 26.8 Å². The SMILES string of the molecule is COc1ccc(CCN(C(=O)CS(C)=O)C2=CC(=O)CCC2)cc1OC. The Morgan fingerprint density at radius 1 is 1.19 bits per heavy atom. The van der Waals surface area contributed by atoms with E-state index in [2.05, 4.69) is 0 Å². The molecular weight excluding hydrogens is 354 g/mol. The Bertz CT molecular complexity index is 729. The zero-order chi connectivity index (χ0) is 19.1. The molecular formula is C19H25NO5S. The van der Waals surface area contributed by atoms with Crippen LogP contribution in [0, 0.1) is 0 Å². The molecule has 1 atom stereocenters. The highest BCUT2D eigenvalue weighted by atomic mass is 32.2. The quantitative estimate of drug-likeness (QED) is 0.692. The number of amides is 1. The summed E-state index contributed by atoms with van der Waals surface area (Å²) >= 11 is 0. The van der Waals surface area contributed by atoms with E-state index in [0.717, 1.165) is 17.7 Å². The highest BCUT2D eigenvalue weighted by Crippen LogP contribution is 2.28. The number of ether oxygens (including phenoxy) is 2. The summed E-state index contributed by atoms with van der Waals surface area (Å²) in [6.07, 6.45) is 5.58. The zero-order valence-electron chi connectivity index (χ0n) is 15.4. The van der Waals surface area contributed by atoms with E-state index in [4.69, 9.17) is 9.47 Å². The number of methoxy groups -OCH3 is 2. The van der Waals surface area contributed by atoms with Gasteiger partial charge in [0.15, 0.2) is 17.3 Å². The average Bonchev–Trinajstić information content (AvgIpc) is 2.61. The van der Waals surface area contributed by atoms with Crippen LogP contribution >= 0.6 is 0 Å². The van der Waals surface area contributed by atoms with Crippen LogP contribution in [0.4, 0.5) is 0 Å². The van der Waals surface area contributed by atoms with E-state index in [-0.39, 0.29) is 17.4 Å². The van der Waals surface area contributed by atoms with Crippen LogP contribution in [0.1, 0.15) is 24.8 Å². The van der Waals surface area contributed by atoms with E-state index in [0.29, 0.717) is 37.3 Å². The predicted octanol–water partition coefficient (Wildman–Crippen LogP) is 2.09. The maximum absolute atomic E-state index is 12.5. The van der Waals surface area contributed by atoms with E-state index in [1.807, 2.05) is 18.2 Å². The van der Waals surface area contributed by atoms with Gasteiger partial charge in [0.2, 0.25) is 5.91 Å². The third-order valence-corrected chi connectivity index (χ3v) is 4.88. The van der Waals surface area contributed by atoms with E-state index in [1.54, 1.807) is 25.2 Å². The van der Waals surface area contributed by atoms with E-state index in [1.165, 1.54) is 6.26 Å². The normalized spacial score (nSPS) is 15.2. The molecule has 26 heavy (non-hydrogen) atoms. The molecule has 0 saturated carbocycles. The van der Waals surface area contributed by atoms with Gasteiger partial charge in [0.1, 0.15) is 5.75 Å². The Kier molecular flexibility index (Phi) is 7.38. The zero-order valence-corrected chi connectivity index (χ0v) is 16.3. The molecule has 0 N–H and O–H groups in total. The van der Waals surface area contributed by atoms with Crippen molar-refractivity contribution in [2.75, 3.05) is 32.8 Å². The summed E-state index contributed by atoms with van der Waals surface area (Å²) in [5, 5.41) is 0. The van der Waals surface area contributed by atoms with Crippen LogP contribution in [0.5, 0.6) is 11.5 Å². The number of carbonyl (C=O) groups is 2. The topological polar surface area (TPSA) is 72.9 Å². The minimum absolute atomic E-state index is 0.0350. The Morgan fingerprint density at radius 2 is 1.92 bits per heavy atom. The molecule has 1 aliphatic rings. The molecule has 0 bridgehead atoms. The first-order chi connectivity index (χ1) is 12.4. The number of allylic oxidation sites excluding steroid dienone is 2. The fourth-order valence-corrected chi connectivity index (χ4v) is 3.45. The van der Waals surface area contributed by atoms with Crippen molar-refractivity contribution >= 4 is 22.5 Å². The Morgan fingerprint density at radius 3 is 2.54 bits per heavy atom. The summed E-state index contributed by atoms with van der Waals surface area (Å²) in [7, 11) is 1.93. The lowest BCUT2D eigenvalue weighted by Crippen LogP contribution is -2.36. The van der Waals surface area contributed by atoms with Crippen molar-refractivity contribution in [2.45, 2.75) is 25.7 Å². The van der Waals surface area contributed by atoms with Crippen molar-refractivity contribution in [1.82, 2.24) is 4.90 Å². The fourth-order valence-electron chi connectivity index (χ4n) is 2.94. The van der Waals surface area contributed by atoms with E-state index >= 15 is 0 Å². The standard InChI is InChI=1S/C19H25NO5S/c1-24-17-8-7-14(11-18(17)25-2)9-10-20(19(22)13-26(3)23)15-5-4-6-16(21)12-15/h7-8,11-12H,4-6,9-10,13H2,1-3H3. The minimum atomic E-state index is -1.23. The summed E-state index contributed by atoms with van der Waals surface area (Å²) in [5.41, 5.74) is 1.71. The molecule has 7 heteroatoms. The smallest absolute Gasteiger partial charge is 0.239 e. The summed E-state index contributed by atoms with van der Waals surface area (Å²) in [6, 6.07) is 5.62. The molecule has 0 aromatic heterocycles. The van der Waals surface area contributed by atoms with Crippen LogP contribution < -0.4 is 9.47 Å². The van der Waals surface area contributed by atoms with Crippen molar-refractivity contribution in [3.05, 3.63) is 35.5 Å². The second-order valence-electron chi connectivity index (χ2n) is 6.16. The molecule has 0 aliphatic heterocycles. The van der Waals surface area contributed by atoms with Gasteiger partial charge in [0.05, 0.1) is 14.2 Å². The molecule has 1 unspecified atom stereocenters. The number of carbonyl (C=O) groups excluding carboxylic acids is 2. The first kappa shape index (κ1) is 20.2. The van der Waals surface area contributed by atoms with Crippen molar-refractivity contribution in [2.24, 2.45) is 0 Å². The number of nitrogens with zero attached hydrogens (tertiary/aromatic N) is 1. The van der Waals surface area contributed by atoms with Gasteiger partial charge in [0, 0.05) is 41.8 Å². The molecule has 2 rings (SSSR count). The highest BCUT2D eigenvalue weighted by Gasteiger charge is 2.22. The summed E-state index contributed by atoms with van der Waals surface area (Å²) < 4.78 is 22.0. The van der Waals surface area contributed by atoms with Crippen molar-refractivity contribution in [3.8, 4) is 11.5 Å². The van der Waals surface area contributed by atoms with Crippen LogP contribution in [0.15, 0.2) is 30.0 Å². The molecule has 1 amide bonds. The Balaban J connectivity index is 2.17. The predicted molar refractivity (Wildman–Crippen MR) is 101 cm³/mol. The molecule has 1 aromatic carbocycles. The third-order valence-electron chi connectivity index (χ3n) is 4.23. The average molecular weight is 379 g/mol. The van der Waals surface area contributed by atoms with Crippen molar-refractivity contribution < 1.29 is 23.3 Å². The lowest BCUT2D eigenvalue weighted by atomic mass is 10.0. The van der Waals surface area contributed by atoms with Gasteiger partial charge >= 0.3 is 0 Å². The molecule has 0 fully saturated rings. The van der Waals surface area contributed by atoms with Crippen molar-refractivity contribution in [1.29, 1.82) is 0 Å². The molecule has 1 aliphatic carbocycles. The van der Waals surface area contributed by atoms with Gasteiger partial charge in [-0.15, -0.1) is 0 Å². The van der Waals surface area contributed by atoms with Gasteiger partial charge in [0.25, 0.3) is 0 Å². The van der Waals surface area contributed by atoms with E-state index in [9.17, 15) is 13.8 Å².